The van der Waals surface area contributed by atoms with Crippen molar-refractivity contribution in [2.45, 2.75) is 32.6 Å². The van der Waals surface area contributed by atoms with Crippen LogP contribution < -0.4 is 10.2 Å². The van der Waals surface area contributed by atoms with Gasteiger partial charge in [-0.15, -0.1) is 10.2 Å². The second kappa shape index (κ2) is 9.18. The Morgan fingerprint density at radius 3 is 2.71 bits per heavy atom. The summed E-state index contributed by atoms with van der Waals surface area (Å²) in [6, 6.07) is 17.4. The average Bonchev–Trinajstić information content (AvgIpc) is 3.58. The summed E-state index contributed by atoms with van der Waals surface area (Å²) >= 11 is 1.29. The first-order valence-electron chi connectivity index (χ1n) is 11.1. The van der Waals surface area contributed by atoms with E-state index in [-0.39, 0.29) is 17.7 Å². The maximum absolute atomic E-state index is 13.0. The predicted octanol–water partition coefficient (Wildman–Crippen LogP) is 4.84. The Balaban J connectivity index is 1.32. The van der Waals surface area contributed by atoms with Crippen molar-refractivity contribution in [3.63, 3.8) is 0 Å². The van der Waals surface area contributed by atoms with Crippen molar-refractivity contribution in [2.75, 3.05) is 16.8 Å². The zero-order valence-electron chi connectivity index (χ0n) is 18.8. The fraction of sp³-hybridized carbons (Fsp3) is 0.240. The van der Waals surface area contributed by atoms with E-state index in [0.29, 0.717) is 35.1 Å². The molecule has 1 aliphatic rings. The van der Waals surface area contributed by atoms with Crippen molar-refractivity contribution in [3.8, 4) is 11.3 Å². The lowest BCUT2D eigenvalue weighted by Crippen LogP contribution is -2.25. The van der Waals surface area contributed by atoms with Crippen molar-refractivity contribution in [3.05, 3.63) is 76.5 Å². The van der Waals surface area contributed by atoms with E-state index in [1.54, 1.807) is 6.92 Å². The Hall–Kier alpha value is -3.85. The molecule has 5 rings (SSSR count). The van der Waals surface area contributed by atoms with E-state index in [0.717, 1.165) is 28.2 Å². The highest BCUT2D eigenvalue weighted by Crippen LogP contribution is 2.36. The molecule has 1 aliphatic heterocycles. The zero-order valence-corrected chi connectivity index (χ0v) is 19.6. The van der Waals surface area contributed by atoms with Gasteiger partial charge in [-0.25, -0.2) is 0 Å². The van der Waals surface area contributed by atoms with Gasteiger partial charge in [0.1, 0.15) is 22.0 Å². The molecule has 0 radical (unpaired) electrons. The van der Waals surface area contributed by atoms with Crippen molar-refractivity contribution in [1.29, 1.82) is 0 Å². The highest BCUT2D eigenvalue weighted by atomic mass is 32.1. The van der Waals surface area contributed by atoms with Crippen molar-refractivity contribution in [2.24, 2.45) is 0 Å². The molecule has 1 fully saturated rings. The lowest BCUT2D eigenvalue weighted by Gasteiger charge is -2.19. The quantitative estimate of drug-likeness (QED) is 0.430. The van der Waals surface area contributed by atoms with Crippen molar-refractivity contribution >= 4 is 34.0 Å². The Kier molecular flexibility index (Phi) is 5.93. The standard InChI is InChI=1S/C25H23N5O3S/c1-3-16-9-7-8-12-19(16)30-14-18(13-20(30)31)24-27-28-25(34-24)26-23(32)21-15(2)33-29-22(21)17-10-5-4-6-11-17/h4-12,18H,3,13-14H2,1-2H3,(H,26,28,32)/t18-/m0/s1. The van der Waals surface area contributed by atoms with E-state index in [4.69, 9.17) is 4.52 Å². The van der Waals surface area contributed by atoms with Gasteiger partial charge in [0.15, 0.2) is 0 Å². The first-order valence-corrected chi connectivity index (χ1v) is 11.9. The number of hydrogen-bond acceptors (Lipinski definition) is 7. The number of aromatic nitrogens is 3. The highest BCUT2D eigenvalue weighted by Gasteiger charge is 2.35. The molecule has 8 nitrogen and oxygen atoms in total. The summed E-state index contributed by atoms with van der Waals surface area (Å²) in [6.45, 7) is 4.32. The highest BCUT2D eigenvalue weighted by molar-refractivity contribution is 7.15. The lowest BCUT2D eigenvalue weighted by atomic mass is 10.1. The monoisotopic (exact) mass is 473 g/mol. The molecule has 2 aromatic carbocycles. The number of anilines is 2. The third kappa shape index (κ3) is 4.10. The second-order valence-corrected chi connectivity index (χ2v) is 9.12. The van der Waals surface area contributed by atoms with Gasteiger partial charge < -0.3 is 9.42 Å². The summed E-state index contributed by atoms with van der Waals surface area (Å²) in [5.41, 5.74) is 3.72. The Morgan fingerprint density at radius 2 is 1.91 bits per heavy atom. The van der Waals surface area contributed by atoms with Gasteiger partial charge in [0.25, 0.3) is 5.91 Å². The largest absolute Gasteiger partial charge is 0.360 e. The molecule has 0 spiro atoms. The van der Waals surface area contributed by atoms with Crippen LogP contribution in [0.5, 0.6) is 0 Å². The number of rotatable bonds is 6. The van der Waals surface area contributed by atoms with E-state index in [1.165, 1.54) is 11.3 Å². The minimum absolute atomic E-state index is 0.0688. The fourth-order valence-corrected chi connectivity index (χ4v) is 5.05. The molecule has 0 bridgehead atoms. The van der Waals surface area contributed by atoms with Gasteiger partial charge in [0.2, 0.25) is 11.0 Å². The second-order valence-electron chi connectivity index (χ2n) is 8.12. The van der Waals surface area contributed by atoms with Crippen LogP contribution in [-0.4, -0.2) is 33.7 Å². The third-order valence-electron chi connectivity index (χ3n) is 5.94. The lowest BCUT2D eigenvalue weighted by molar-refractivity contribution is -0.117. The van der Waals surface area contributed by atoms with Crippen LogP contribution in [0.2, 0.25) is 0 Å². The van der Waals surface area contributed by atoms with Gasteiger partial charge in [-0.3, -0.25) is 14.9 Å². The van der Waals surface area contributed by atoms with E-state index in [2.05, 4.69) is 27.6 Å². The molecule has 1 saturated heterocycles. The summed E-state index contributed by atoms with van der Waals surface area (Å²) in [7, 11) is 0. The fourth-order valence-electron chi connectivity index (χ4n) is 4.22. The number of hydrogen-bond donors (Lipinski definition) is 1. The van der Waals surface area contributed by atoms with Crippen LogP contribution in [0.15, 0.2) is 59.1 Å². The molecule has 3 heterocycles. The number of carbonyl (C=O) groups excluding carboxylic acids is 2. The van der Waals surface area contributed by atoms with Crippen LogP contribution in [0.4, 0.5) is 10.8 Å². The van der Waals surface area contributed by atoms with Crippen LogP contribution >= 0.6 is 11.3 Å². The molecule has 2 aromatic heterocycles. The van der Waals surface area contributed by atoms with Gasteiger partial charge in [-0.1, -0.05) is 71.9 Å². The van der Waals surface area contributed by atoms with E-state index >= 15 is 0 Å². The number of nitrogens with zero attached hydrogens (tertiary/aromatic N) is 4. The summed E-state index contributed by atoms with van der Waals surface area (Å²) in [6.07, 6.45) is 1.22. The topological polar surface area (TPSA) is 101 Å². The third-order valence-corrected chi connectivity index (χ3v) is 6.94. The normalized spacial score (nSPS) is 15.6. The van der Waals surface area contributed by atoms with E-state index < -0.39 is 0 Å². The number of nitrogens with one attached hydrogen (secondary N) is 1. The molecule has 34 heavy (non-hydrogen) atoms. The maximum Gasteiger partial charge on any atom is 0.263 e. The molecule has 1 N–H and O–H groups in total. The zero-order chi connectivity index (χ0) is 23.7. The summed E-state index contributed by atoms with van der Waals surface area (Å²) in [5.74, 6) is 0.0612. The molecular formula is C25H23N5O3S. The Labute approximate surface area is 200 Å². The van der Waals surface area contributed by atoms with Gasteiger partial charge in [-0.2, -0.15) is 0 Å². The van der Waals surface area contributed by atoms with Crippen molar-refractivity contribution in [1.82, 2.24) is 15.4 Å². The Morgan fingerprint density at radius 1 is 1.15 bits per heavy atom. The summed E-state index contributed by atoms with van der Waals surface area (Å²) in [4.78, 5) is 27.6. The number of para-hydroxylation sites is 1. The van der Waals surface area contributed by atoms with Crippen LogP contribution in [0, 0.1) is 6.92 Å². The Bertz CT molecular complexity index is 1350. The molecule has 172 valence electrons. The number of aryl methyl sites for hydroxylation is 2. The van der Waals surface area contributed by atoms with Crippen LogP contribution in [0.1, 0.15) is 46.0 Å². The molecule has 0 unspecified atom stereocenters. The van der Waals surface area contributed by atoms with Gasteiger partial charge in [0.05, 0.1) is 0 Å². The molecule has 0 aliphatic carbocycles. The molecular weight excluding hydrogens is 450 g/mol. The molecule has 4 aromatic rings. The number of carbonyl (C=O) groups is 2. The molecule has 2 amide bonds. The first-order chi connectivity index (χ1) is 16.5. The number of benzene rings is 2. The number of amides is 2. The molecule has 9 heteroatoms. The van der Waals surface area contributed by atoms with E-state index in [1.807, 2.05) is 59.5 Å². The van der Waals surface area contributed by atoms with Gasteiger partial charge in [0, 0.05) is 30.1 Å². The van der Waals surface area contributed by atoms with Crippen LogP contribution in [-0.2, 0) is 11.2 Å². The average molecular weight is 474 g/mol. The van der Waals surface area contributed by atoms with Crippen molar-refractivity contribution < 1.29 is 14.1 Å². The molecule has 0 saturated carbocycles. The molecule has 1 atom stereocenters. The minimum atomic E-state index is -0.360. The summed E-state index contributed by atoms with van der Waals surface area (Å²) in [5, 5.41) is 16.4. The first kappa shape index (κ1) is 22.0. The van der Waals surface area contributed by atoms with Crippen LogP contribution in [0.3, 0.4) is 0 Å². The van der Waals surface area contributed by atoms with Crippen LogP contribution in [0.25, 0.3) is 11.3 Å². The predicted molar refractivity (Wildman–Crippen MR) is 130 cm³/mol. The minimum Gasteiger partial charge on any atom is -0.360 e. The van der Waals surface area contributed by atoms with Gasteiger partial charge in [-0.05, 0) is 25.0 Å². The maximum atomic E-state index is 13.0. The van der Waals surface area contributed by atoms with E-state index in [9.17, 15) is 9.59 Å². The SMILES string of the molecule is CCc1ccccc1N1C[C@@H](c2nnc(NC(=O)c3c(-c4ccccc4)noc3C)s2)CC1=O. The smallest absolute Gasteiger partial charge is 0.263 e. The van der Waals surface area contributed by atoms with Gasteiger partial charge >= 0.3 is 0 Å². The summed E-state index contributed by atoms with van der Waals surface area (Å²) < 4.78 is 5.29.